The summed E-state index contributed by atoms with van der Waals surface area (Å²) >= 11 is 0. The van der Waals surface area contributed by atoms with Gasteiger partial charge in [0.25, 0.3) is 0 Å². The first-order chi connectivity index (χ1) is 9.11. The van der Waals surface area contributed by atoms with Crippen LogP contribution in [0.1, 0.15) is 12.5 Å². The second-order valence-electron chi connectivity index (χ2n) is 4.35. The minimum atomic E-state index is 0.272. The second-order valence-corrected chi connectivity index (χ2v) is 4.35. The highest BCUT2D eigenvalue weighted by molar-refractivity contribution is 5.65. The van der Waals surface area contributed by atoms with E-state index in [0.29, 0.717) is 0 Å². The summed E-state index contributed by atoms with van der Waals surface area (Å²) in [6.45, 7) is 4.88. The van der Waals surface area contributed by atoms with Crippen LogP contribution >= 0.6 is 0 Å². The molecule has 0 aliphatic carbocycles. The van der Waals surface area contributed by atoms with Crippen LogP contribution in [-0.2, 0) is 0 Å². The first kappa shape index (κ1) is 13.1. The van der Waals surface area contributed by atoms with Crippen molar-refractivity contribution < 1.29 is 0 Å². The Balaban J connectivity index is 2.38. The van der Waals surface area contributed by atoms with Gasteiger partial charge in [-0.2, -0.15) is 9.97 Å². The van der Waals surface area contributed by atoms with Crippen molar-refractivity contribution >= 4 is 23.3 Å². The zero-order chi connectivity index (χ0) is 13.8. The van der Waals surface area contributed by atoms with Crippen LogP contribution in [0.2, 0.25) is 0 Å². The number of hydrogen-bond acceptors (Lipinski definition) is 5. The fraction of sp³-hybridized carbons (Fsp3) is 0.286. The van der Waals surface area contributed by atoms with Gasteiger partial charge >= 0.3 is 0 Å². The van der Waals surface area contributed by atoms with Gasteiger partial charge in [-0.25, -0.2) is 0 Å². The molecule has 0 aliphatic rings. The largest absolute Gasteiger partial charge is 0.370 e. The molecule has 19 heavy (non-hydrogen) atoms. The van der Waals surface area contributed by atoms with Gasteiger partial charge in [0.15, 0.2) is 0 Å². The smallest absolute Gasteiger partial charge is 0.223 e. The number of hydrogen-bond donors (Lipinski definition) is 2. The van der Waals surface area contributed by atoms with E-state index in [2.05, 4.69) is 34.3 Å². The van der Waals surface area contributed by atoms with E-state index in [0.717, 1.165) is 23.9 Å². The lowest BCUT2D eigenvalue weighted by Gasteiger charge is -2.21. The summed E-state index contributed by atoms with van der Waals surface area (Å²) in [5.41, 5.74) is 8.04. The van der Waals surface area contributed by atoms with Gasteiger partial charge in [0.05, 0.1) is 0 Å². The number of aryl methyl sites for hydroxylation is 1. The highest BCUT2D eigenvalue weighted by Crippen LogP contribution is 2.26. The number of nitrogens with two attached hydrogens (primary N) is 1. The van der Waals surface area contributed by atoms with Gasteiger partial charge in [0.2, 0.25) is 5.95 Å². The first-order valence-corrected chi connectivity index (χ1v) is 6.29. The Hall–Kier alpha value is -2.30. The van der Waals surface area contributed by atoms with Crippen molar-refractivity contribution in [2.75, 3.05) is 29.5 Å². The van der Waals surface area contributed by atoms with E-state index in [-0.39, 0.29) is 5.95 Å². The van der Waals surface area contributed by atoms with Crippen LogP contribution in [-0.4, -0.2) is 23.6 Å². The van der Waals surface area contributed by atoms with E-state index >= 15 is 0 Å². The SMILES string of the molecule is CCNc1cc(N(C)c2ccccc2C)nc(N)n1. The molecule has 3 N–H and O–H groups in total. The molecule has 0 saturated carbocycles. The van der Waals surface area contributed by atoms with Crippen LogP contribution in [0.5, 0.6) is 0 Å². The normalized spacial score (nSPS) is 10.3. The lowest BCUT2D eigenvalue weighted by atomic mass is 10.2. The van der Waals surface area contributed by atoms with E-state index in [1.807, 2.05) is 37.1 Å². The molecule has 5 heteroatoms. The molecule has 0 fully saturated rings. The average molecular weight is 257 g/mol. The maximum atomic E-state index is 5.75. The Bertz CT molecular complexity index is 568. The lowest BCUT2D eigenvalue weighted by molar-refractivity contribution is 1.07. The molecule has 2 rings (SSSR count). The molecule has 2 aromatic rings. The van der Waals surface area contributed by atoms with E-state index in [9.17, 15) is 0 Å². The fourth-order valence-electron chi connectivity index (χ4n) is 1.96. The number of nitrogens with one attached hydrogen (secondary N) is 1. The third-order valence-electron chi connectivity index (χ3n) is 2.91. The van der Waals surface area contributed by atoms with Gasteiger partial charge in [-0.3, -0.25) is 0 Å². The summed E-state index contributed by atoms with van der Waals surface area (Å²) in [7, 11) is 1.97. The Morgan fingerprint density at radius 3 is 2.68 bits per heavy atom. The van der Waals surface area contributed by atoms with Crippen LogP contribution in [0.4, 0.5) is 23.3 Å². The molecule has 0 spiro atoms. The van der Waals surface area contributed by atoms with Gasteiger partial charge in [0, 0.05) is 25.3 Å². The molecule has 0 saturated heterocycles. The summed E-state index contributed by atoms with van der Waals surface area (Å²) < 4.78 is 0. The van der Waals surface area contributed by atoms with Crippen molar-refractivity contribution in [2.45, 2.75) is 13.8 Å². The Labute approximate surface area is 113 Å². The first-order valence-electron chi connectivity index (χ1n) is 6.29. The molecule has 0 bridgehead atoms. The molecule has 1 aromatic carbocycles. The summed E-state index contributed by atoms with van der Waals surface area (Å²) in [5, 5.41) is 3.15. The summed E-state index contributed by atoms with van der Waals surface area (Å²) in [6, 6.07) is 10.0. The molecule has 0 amide bonds. The van der Waals surface area contributed by atoms with Crippen molar-refractivity contribution in [1.82, 2.24) is 9.97 Å². The highest BCUT2D eigenvalue weighted by Gasteiger charge is 2.10. The number of para-hydroxylation sites is 1. The van der Waals surface area contributed by atoms with Crippen molar-refractivity contribution in [3.8, 4) is 0 Å². The van der Waals surface area contributed by atoms with Crippen molar-refractivity contribution in [2.24, 2.45) is 0 Å². The number of anilines is 4. The molecular formula is C14H19N5. The third kappa shape index (κ3) is 2.93. The quantitative estimate of drug-likeness (QED) is 0.881. The van der Waals surface area contributed by atoms with Crippen LogP contribution in [0.3, 0.4) is 0 Å². The van der Waals surface area contributed by atoms with Gasteiger partial charge in [-0.05, 0) is 25.5 Å². The van der Waals surface area contributed by atoms with Crippen molar-refractivity contribution in [3.63, 3.8) is 0 Å². The van der Waals surface area contributed by atoms with Gasteiger partial charge in [-0.1, -0.05) is 18.2 Å². The molecule has 5 nitrogen and oxygen atoms in total. The minimum absolute atomic E-state index is 0.272. The second kappa shape index (κ2) is 5.56. The number of rotatable bonds is 4. The van der Waals surface area contributed by atoms with E-state index in [4.69, 9.17) is 5.73 Å². The number of nitrogen functional groups attached to an aromatic ring is 1. The molecule has 1 heterocycles. The van der Waals surface area contributed by atoms with Gasteiger partial charge in [0.1, 0.15) is 11.6 Å². The standard InChI is InChI=1S/C14H19N5/c1-4-16-12-9-13(18-14(15)17-12)19(3)11-8-6-5-7-10(11)2/h5-9H,4H2,1-3H3,(H3,15,16,17,18). The van der Waals surface area contributed by atoms with Crippen molar-refractivity contribution in [3.05, 3.63) is 35.9 Å². The number of aromatic nitrogens is 2. The van der Waals surface area contributed by atoms with Crippen LogP contribution in [0.15, 0.2) is 30.3 Å². The van der Waals surface area contributed by atoms with Crippen LogP contribution in [0.25, 0.3) is 0 Å². The number of benzene rings is 1. The monoisotopic (exact) mass is 257 g/mol. The zero-order valence-corrected chi connectivity index (χ0v) is 11.5. The maximum absolute atomic E-state index is 5.75. The predicted molar refractivity (Wildman–Crippen MR) is 79.9 cm³/mol. The summed E-state index contributed by atoms with van der Waals surface area (Å²) in [5.74, 6) is 1.79. The summed E-state index contributed by atoms with van der Waals surface area (Å²) in [4.78, 5) is 10.4. The molecule has 0 aliphatic heterocycles. The molecule has 1 aromatic heterocycles. The maximum Gasteiger partial charge on any atom is 0.223 e. The topological polar surface area (TPSA) is 67.1 Å². The van der Waals surface area contributed by atoms with Gasteiger partial charge in [-0.15, -0.1) is 0 Å². The van der Waals surface area contributed by atoms with Crippen LogP contribution in [0, 0.1) is 6.92 Å². The van der Waals surface area contributed by atoms with E-state index in [1.165, 1.54) is 5.56 Å². The van der Waals surface area contributed by atoms with Crippen molar-refractivity contribution in [1.29, 1.82) is 0 Å². The van der Waals surface area contributed by atoms with E-state index < -0.39 is 0 Å². The third-order valence-corrected chi connectivity index (χ3v) is 2.91. The highest BCUT2D eigenvalue weighted by atomic mass is 15.2. The number of nitrogens with zero attached hydrogens (tertiary/aromatic N) is 3. The Morgan fingerprint density at radius 1 is 1.26 bits per heavy atom. The molecule has 0 radical (unpaired) electrons. The molecule has 100 valence electrons. The van der Waals surface area contributed by atoms with Gasteiger partial charge < -0.3 is 16.0 Å². The van der Waals surface area contributed by atoms with E-state index in [1.54, 1.807) is 0 Å². The Morgan fingerprint density at radius 2 is 2.00 bits per heavy atom. The zero-order valence-electron chi connectivity index (χ0n) is 11.5. The molecule has 0 atom stereocenters. The minimum Gasteiger partial charge on any atom is -0.370 e. The predicted octanol–water partition coefficient (Wildman–Crippen LogP) is 2.57. The summed E-state index contributed by atoms with van der Waals surface area (Å²) in [6.07, 6.45) is 0. The lowest BCUT2D eigenvalue weighted by Crippen LogP contribution is -2.15. The molecular weight excluding hydrogens is 238 g/mol. The average Bonchev–Trinajstić information content (AvgIpc) is 2.38. The molecule has 0 unspecified atom stereocenters. The fourth-order valence-corrected chi connectivity index (χ4v) is 1.96. The Kier molecular flexibility index (Phi) is 3.85. The van der Waals surface area contributed by atoms with Crippen LogP contribution < -0.4 is 16.0 Å².